The van der Waals surface area contributed by atoms with Crippen LogP contribution in [0.25, 0.3) is 10.8 Å². The van der Waals surface area contributed by atoms with Gasteiger partial charge in [0, 0.05) is 36.9 Å². The quantitative estimate of drug-likeness (QED) is 0.483. The Morgan fingerprint density at radius 1 is 1.22 bits per heavy atom. The van der Waals surface area contributed by atoms with Crippen LogP contribution in [-0.4, -0.2) is 54.5 Å². The summed E-state index contributed by atoms with van der Waals surface area (Å²) in [5.74, 6) is -0.515. The van der Waals surface area contributed by atoms with E-state index in [4.69, 9.17) is 11.6 Å². The topological polar surface area (TPSA) is 103 Å². The number of fused-ring (bicyclic) bond motifs is 1. The number of nitrogens with one attached hydrogen (secondary N) is 2. The maximum absolute atomic E-state index is 13.6. The van der Waals surface area contributed by atoms with Crippen LogP contribution in [0.1, 0.15) is 31.4 Å². The first-order chi connectivity index (χ1) is 17.0. The van der Waals surface area contributed by atoms with E-state index < -0.39 is 27.9 Å². The lowest BCUT2D eigenvalue weighted by Gasteiger charge is -2.36. The summed E-state index contributed by atoms with van der Waals surface area (Å²) >= 11 is 5.89. The molecule has 0 radical (unpaired) electrons. The molecule has 8 nitrogen and oxygen atoms in total. The van der Waals surface area contributed by atoms with E-state index >= 15 is 0 Å². The van der Waals surface area contributed by atoms with Gasteiger partial charge in [-0.15, -0.1) is 0 Å². The number of urea groups is 1. The van der Waals surface area contributed by atoms with Gasteiger partial charge in [-0.3, -0.25) is 4.79 Å². The second-order valence-electron chi connectivity index (χ2n) is 9.11. The summed E-state index contributed by atoms with van der Waals surface area (Å²) in [5.41, 5.74) is 0.902. The summed E-state index contributed by atoms with van der Waals surface area (Å²) < 4.78 is 38.9. The molecule has 3 aromatic rings. The van der Waals surface area contributed by atoms with Crippen molar-refractivity contribution in [2.24, 2.45) is 5.92 Å². The highest BCUT2D eigenvalue weighted by atomic mass is 35.5. The third kappa shape index (κ3) is 5.71. The number of aromatic nitrogens is 1. The summed E-state index contributed by atoms with van der Waals surface area (Å²) in [7, 11) is -3.27. The molecule has 2 aromatic carbocycles. The number of nitrogens with zero attached hydrogens (tertiary/aromatic N) is 2. The van der Waals surface area contributed by atoms with E-state index in [0.29, 0.717) is 43.5 Å². The Morgan fingerprint density at radius 3 is 2.53 bits per heavy atom. The highest BCUT2D eigenvalue weighted by Crippen LogP contribution is 2.30. The number of carbonyl (C=O) groups excluding carboxylic acids is 1. The smallest absolute Gasteiger partial charge is 0.322 e. The highest BCUT2D eigenvalue weighted by Gasteiger charge is 2.30. The molecular weight excluding hydrogens is 507 g/mol. The largest absolute Gasteiger partial charge is 0.328 e. The monoisotopic (exact) mass is 534 g/mol. The number of hydrogen-bond acceptors (Lipinski definition) is 4. The van der Waals surface area contributed by atoms with Crippen LogP contribution in [0.3, 0.4) is 0 Å². The fraction of sp³-hybridized carbons (Fsp3) is 0.360. The first-order valence-corrected chi connectivity index (χ1v) is 13.9. The minimum atomic E-state index is -3.27. The third-order valence-corrected chi connectivity index (χ3v) is 8.28. The van der Waals surface area contributed by atoms with E-state index in [1.54, 1.807) is 23.2 Å². The van der Waals surface area contributed by atoms with Crippen LogP contribution in [0.2, 0.25) is 5.02 Å². The molecule has 0 spiro atoms. The van der Waals surface area contributed by atoms with Crippen LogP contribution in [-0.2, 0) is 10.0 Å². The molecular formula is C25H28ClFN4O4S. The molecule has 2 amide bonds. The zero-order chi connectivity index (χ0) is 26.0. The molecule has 0 saturated carbocycles. The van der Waals surface area contributed by atoms with E-state index in [1.165, 1.54) is 28.8 Å². The number of pyridine rings is 1. The van der Waals surface area contributed by atoms with Crippen molar-refractivity contribution in [3.05, 3.63) is 75.4 Å². The number of H-pyrrole nitrogens is 1. The van der Waals surface area contributed by atoms with Gasteiger partial charge in [0.2, 0.25) is 10.0 Å². The molecule has 4 rings (SSSR count). The van der Waals surface area contributed by atoms with Gasteiger partial charge in [0.1, 0.15) is 5.82 Å². The van der Waals surface area contributed by atoms with Gasteiger partial charge in [-0.25, -0.2) is 21.9 Å². The standard InChI is InChI=1S/C25H28ClFN4O4S/c1-16(21-14-28-24(32)20-6-4-3-5-19(20)21)31(15-17-9-11-30(12-10-17)36(2,34)35)25(33)29-18-7-8-23(27)22(26)13-18/h3-8,13-14,16-17H,9-12,15H2,1-2H3,(H,28,32)(H,29,33). The number of aromatic amines is 1. The van der Waals surface area contributed by atoms with Crippen molar-refractivity contribution in [2.75, 3.05) is 31.2 Å². The maximum Gasteiger partial charge on any atom is 0.322 e. The molecule has 1 aliphatic heterocycles. The normalized spacial score (nSPS) is 16.1. The van der Waals surface area contributed by atoms with Gasteiger partial charge in [0.05, 0.1) is 17.3 Å². The molecule has 11 heteroatoms. The maximum atomic E-state index is 13.6. The predicted octanol–water partition coefficient (Wildman–Crippen LogP) is 4.59. The third-order valence-electron chi connectivity index (χ3n) is 6.69. The second kappa shape index (κ2) is 10.6. The van der Waals surface area contributed by atoms with Crippen LogP contribution in [0.4, 0.5) is 14.9 Å². The Bertz CT molecular complexity index is 1440. The van der Waals surface area contributed by atoms with Gasteiger partial charge in [0.25, 0.3) is 5.56 Å². The van der Waals surface area contributed by atoms with Gasteiger partial charge in [-0.05, 0) is 60.9 Å². The molecule has 2 heterocycles. The van der Waals surface area contributed by atoms with Crippen molar-refractivity contribution in [1.29, 1.82) is 0 Å². The molecule has 0 aliphatic carbocycles. The lowest BCUT2D eigenvalue weighted by Crippen LogP contribution is -2.44. The fourth-order valence-electron chi connectivity index (χ4n) is 4.63. The number of benzene rings is 2. The van der Waals surface area contributed by atoms with E-state index in [2.05, 4.69) is 10.3 Å². The van der Waals surface area contributed by atoms with Crippen molar-refractivity contribution < 1.29 is 17.6 Å². The summed E-state index contributed by atoms with van der Waals surface area (Å²) in [6.45, 7) is 3.03. The van der Waals surface area contributed by atoms with Crippen LogP contribution in [0.15, 0.2) is 53.5 Å². The van der Waals surface area contributed by atoms with E-state index in [-0.39, 0.29) is 16.5 Å². The first kappa shape index (κ1) is 26.1. The van der Waals surface area contributed by atoms with Crippen molar-refractivity contribution in [3.63, 3.8) is 0 Å². The highest BCUT2D eigenvalue weighted by molar-refractivity contribution is 7.88. The molecule has 36 heavy (non-hydrogen) atoms. The number of piperidine rings is 1. The minimum absolute atomic E-state index is 0.0713. The number of carbonyl (C=O) groups is 1. The zero-order valence-corrected chi connectivity index (χ0v) is 21.6. The number of rotatable bonds is 6. The Balaban J connectivity index is 1.63. The number of sulfonamides is 1. The fourth-order valence-corrected chi connectivity index (χ4v) is 5.69. The average Bonchev–Trinajstić information content (AvgIpc) is 2.84. The molecule has 2 N–H and O–H groups in total. The number of halogens is 2. The molecule has 192 valence electrons. The van der Waals surface area contributed by atoms with Crippen molar-refractivity contribution in [1.82, 2.24) is 14.2 Å². The number of hydrogen-bond donors (Lipinski definition) is 2. The van der Waals surface area contributed by atoms with Gasteiger partial charge >= 0.3 is 6.03 Å². The Hall–Kier alpha value is -2.95. The molecule has 1 atom stereocenters. The molecule has 1 unspecified atom stereocenters. The molecule has 1 fully saturated rings. The van der Waals surface area contributed by atoms with Crippen molar-refractivity contribution >= 4 is 44.1 Å². The number of anilines is 1. The van der Waals surface area contributed by atoms with Crippen LogP contribution in [0, 0.1) is 11.7 Å². The van der Waals surface area contributed by atoms with Gasteiger partial charge in [0.15, 0.2) is 0 Å². The molecule has 1 aliphatic rings. The zero-order valence-electron chi connectivity index (χ0n) is 20.0. The summed E-state index contributed by atoms with van der Waals surface area (Å²) in [6.07, 6.45) is 4.04. The SMILES string of the molecule is CC(c1c[nH]c(=O)c2ccccc12)N(CC1CCN(S(C)(=O)=O)CC1)C(=O)Nc1ccc(F)c(Cl)c1. The van der Waals surface area contributed by atoms with Gasteiger partial charge in [-0.1, -0.05) is 29.8 Å². The second-order valence-corrected chi connectivity index (χ2v) is 11.5. The van der Waals surface area contributed by atoms with Crippen molar-refractivity contribution in [2.45, 2.75) is 25.8 Å². The van der Waals surface area contributed by atoms with E-state index in [9.17, 15) is 22.4 Å². The summed E-state index contributed by atoms with van der Waals surface area (Å²) in [6, 6.07) is 10.3. The van der Waals surface area contributed by atoms with Crippen molar-refractivity contribution in [3.8, 4) is 0 Å². The Kier molecular flexibility index (Phi) is 7.67. The molecule has 1 aromatic heterocycles. The molecule has 0 bridgehead atoms. The van der Waals surface area contributed by atoms with Gasteiger partial charge < -0.3 is 15.2 Å². The first-order valence-electron chi connectivity index (χ1n) is 11.6. The summed E-state index contributed by atoms with van der Waals surface area (Å²) in [4.78, 5) is 30.3. The van der Waals surface area contributed by atoms with Gasteiger partial charge in [-0.2, -0.15) is 0 Å². The Morgan fingerprint density at radius 2 is 1.89 bits per heavy atom. The van der Waals surface area contributed by atoms with Crippen LogP contribution < -0.4 is 10.9 Å². The van der Waals surface area contributed by atoms with Crippen LogP contribution in [0.5, 0.6) is 0 Å². The van der Waals surface area contributed by atoms with Crippen LogP contribution >= 0.6 is 11.6 Å². The lowest BCUT2D eigenvalue weighted by atomic mass is 9.95. The summed E-state index contributed by atoms with van der Waals surface area (Å²) in [5, 5.41) is 3.96. The lowest BCUT2D eigenvalue weighted by molar-refractivity contribution is 0.160. The Labute approximate surface area is 214 Å². The average molecular weight is 535 g/mol. The molecule has 1 saturated heterocycles. The number of amides is 2. The van der Waals surface area contributed by atoms with E-state index in [0.717, 1.165) is 10.9 Å². The predicted molar refractivity (Wildman–Crippen MR) is 139 cm³/mol. The minimum Gasteiger partial charge on any atom is -0.328 e. The van der Waals surface area contributed by atoms with E-state index in [1.807, 2.05) is 19.1 Å².